The molecule has 2 rings (SSSR count). The summed E-state index contributed by atoms with van der Waals surface area (Å²) in [5.74, 6) is -0.669. The molecule has 0 atom stereocenters. The molecule has 100 valence electrons. The number of hydrogen-bond acceptors (Lipinski definition) is 2. The first-order valence-electron chi connectivity index (χ1n) is 5.97. The molecule has 20 heavy (non-hydrogen) atoms. The number of hydrogen-bond donors (Lipinski definition) is 0. The molecule has 3 nitrogen and oxygen atoms in total. The van der Waals surface area contributed by atoms with Crippen LogP contribution in [0.2, 0.25) is 0 Å². The van der Waals surface area contributed by atoms with E-state index in [1.807, 2.05) is 6.07 Å². The van der Waals surface area contributed by atoms with Crippen LogP contribution in [0.5, 0.6) is 0 Å². The SMILES string of the molecule is C#Cc1cc(C(F)(F)CC)nn1-c1ccc(C#N)cc1. The van der Waals surface area contributed by atoms with Gasteiger partial charge in [0.2, 0.25) is 0 Å². The van der Waals surface area contributed by atoms with Gasteiger partial charge in [0.05, 0.1) is 17.3 Å². The smallest absolute Gasteiger partial charge is 0.225 e. The number of nitriles is 1. The summed E-state index contributed by atoms with van der Waals surface area (Å²) in [6, 6.07) is 9.57. The number of halogens is 2. The summed E-state index contributed by atoms with van der Waals surface area (Å²) in [7, 11) is 0. The zero-order valence-corrected chi connectivity index (χ0v) is 10.8. The summed E-state index contributed by atoms with van der Waals surface area (Å²) < 4.78 is 28.6. The van der Waals surface area contributed by atoms with E-state index in [2.05, 4.69) is 11.0 Å². The Labute approximate surface area is 115 Å². The fourth-order valence-electron chi connectivity index (χ4n) is 1.72. The van der Waals surface area contributed by atoms with E-state index in [1.165, 1.54) is 17.7 Å². The van der Waals surface area contributed by atoms with Crippen molar-refractivity contribution in [3.63, 3.8) is 0 Å². The topological polar surface area (TPSA) is 41.6 Å². The lowest BCUT2D eigenvalue weighted by molar-refractivity contribution is -0.0131. The van der Waals surface area contributed by atoms with E-state index >= 15 is 0 Å². The van der Waals surface area contributed by atoms with Crippen LogP contribution < -0.4 is 0 Å². The second kappa shape index (κ2) is 5.14. The van der Waals surface area contributed by atoms with Crippen molar-refractivity contribution in [2.24, 2.45) is 0 Å². The Morgan fingerprint density at radius 1 is 1.35 bits per heavy atom. The molecule has 0 bridgehead atoms. The molecular weight excluding hydrogens is 260 g/mol. The lowest BCUT2D eigenvalue weighted by Gasteiger charge is -2.09. The van der Waals surface area contributed by atoms with Gasteiger partial charge in [-0.05, 0) is 24.3 Å². The first-order chi connectivity index (χ1) is 9.51. The van der Waals surface area contributed by atoms with E-state index in [9.17, 15) is 8.78 Å². The minimum Gasteiger partial charge on any atom is -0.225 e. The summed E-state index contributed by atoms with van der Waals surface area (Å²) in [5, 5.41) is 12.6. The van der Waals surface area contributed by atoms with Gasteiger partial charge in [0.15, 0.2) is 0 Å². The predicted molar refractivity (Wildman–Crippen MR) is 70.4 cm³/mol. The van der Waals surface area contributed by atoms with E-state index in [-0.39, 0.29) is 17.8 Å². The van der Waals surface area contributed by atoms with Crippen molar-refractivity contribution in [1.29, 1.82) is 5.26 Å². The van der Waals surface area contributed by atoms with Crippen molar-refractivity contribution in [3.05, 3.63) is 47.3 Å². The van der Waals surface area contributed by atoms with Crippen molar-refractivity contribution in [2.75, 3.05) is 0 Å². The molecule has 0 saturated carbocycles. The monoisotopic (exact) mass is 271 g/mol. The molecule has 5 heteroatoms. The van der Waals surface area contributed by atoms with Crippen LogP contribution >= 0.6 is 0 Å². The van der Waals surface area contributed by atoms with E-state index in [1.54, 1.807) is 24.3 Å². The largest absolute Gasteiger partial charge is 0.291 e. The van der Waals surface area contributed by atoms with Crippen molar-refractivity contribution in [3.8, 4) is 24.1 Å². The van der Waals surface area contributed by atoms with Crippen molar-refractivity contribution in [2.45, 2.75) is 19.3 Å². The van der Waals surface area contributed by atoms with Gasteiger partial charge in [0, 0.05) is 12.5 Å². The molecular formula is C15H11F2N3. The number of alkyl halides is 2. The van der Waals surface area contributed by atoms with Crippen LogP contribution in [0.1, 0.15) is 30.3 Å². The average Bonchev–Trinajstić information content (AvgIpc) is 2.92. The Morgan fingerprint density at radius 2 is 2.00 bits per heavy atom. The molecule has 0 aliphatic rings. The molecule has 1 aromatic carbocycles. The Hall–Kier alpha value is -2.66. The highest BCUT2D eigenvalue weighted by Gasteiger charge is 2.33. The zero-order chi connectivity index (χ0) is 14.8. The summed E-state index contributed by atoms with van der Waals surface area (Å²) in [5.41, 5.74) is 0.910. The Bertz CT molecular complexity index is 700. The van der Waals surface area contributed by atoms with E-state index < -0.39 is 5.92 Å². The minimum absolute atomic E-state index is 0.248. The van der Waals surface area contributed by atoms with Crippen LogP contribution in [0.15, 0.2) is 30.3 Å². The molecule has 2 aromatic rings. The summed E-state index contributed by atoms with van der Waals surface area (Å²) in [6.45, 7) is 1.39. The third-order valence-corrected chi connectivity index (χ3v) is 2.92. The predicted octanol–water partition coefficient (Wildman–Crippen LogP) is 3.23. The molecule has 1 aromatic heterocycles. The van der Waals surface area contributed by atoms with E-state index in [0.717, 1.165) is 0 Å². The molecule has 1 heterocycles. The normalized spacial score (nSPS) is 10.8. The van der Waals surface area contributed by atoms with Gasteiger partial charge in [-0.15, -0.1) is 6.42 Å². The van der Waals surface area contributed by atoms with Gasteiger partial charge in [-0.3, -0.25) is 0 Å². The van der Waals surface area contributed by atoms with Crippen LogP contribution in [-0.2, 0) is 5.92 Å². The quantitative estimate of drug-likeness (QED) is 0.804. The Morgan fingerprint density at radius 3 is 2.50 bits per heavy atom. The van der Waals surface area contributed by atoms with E-state index in [0.29, 0.717) is 11.3 Å². The second-order valence-electron chi connectivity index (χ2n) is 4.19. The summed E-state index contributed by atoms with van der Waals surface area (Å²) in [6.07, 6.45) is 4.99. The van der Waals surface area contributed by atoms with Gasteiger partial charge in [0.25, 0.3) is 5.92 Å². The van der Waals surface area contributed by atoms with Crippen LogP contribution in [-0.4, -0.2) is 9.78 Å². The molecule has 0 aliphatic carbocycles. The highest BCUT2D eigenvalue weighted by Crippen LogP contribution is 2.31. The molecule has 0 fully saturated rings. The van der Waals surface area contributed by atoms with Gasteiger partial charge >= 0.3 is 0 Å². The number of terminal acetylenes is 1. The third-order valence-electron chi connectivity index (χ3n) is 2.92. The Balaban J connectivity index is 2.51. The van der Waals surface area contributed by atoms with Crippen molar-refractivity contribution in [1.82, 2.24) is 9.78 Å². The fourth-order valence-corrected chi connectivity index (χ4v) is 1.72. The molecule has 0 amide bonds. The van der Waals surface area contributed by atoms with Gasteiger partial charge in [-0.2, -0.15) is 19.1 Å². The van der Waals surface area contributed by atoms with Crippen LogP contribution in [0.4, 0.5) is 8.78 Å². The maximum absolute atomic E-state index is 13.7. The molecule has 0 radical (unpaired) electrons. The van der Waals surface area contributed by atoms with Gasteiger partial charge in [-0.1, -0.05) is 12.8 Å². The van der Waals surface area contributed by atoms with Crippen molar-refractivity contribution < 1.29 is 8.78 Å². The minimum atomic E-state index is -3.01. The summed E-state index contributed by atoms with van der Waals surface area (Å²) >= 11 is 0. The molecule has 0 saturated heterocycles. The van der Waals surface area contributed by atoms with Crippen LogP contribution in [0, 0.1) is 23.7 Å². The molecule has 0 N–H and O–H groups in total. The lowest BCUT2D eigenvalue weighted by Crippen LogP contribution is -2.13. The number of rotatable bonds is 3. The maximum atomic E-state index is 13.7. The molecule has 0 spiro atoms. The van der Waals surface area contributed by atoms with E-state index in [4.69, 9.17) is 11.7 Å². The van der Waals surface area contributed by atoms with Gasteiger partial charge in [0.1, 0.15) is 11.4 Å². The first kappa shape index (κ1) is 13.8. The van der Waals surface area contributed by atoms with Crippen LogP contribution in [0.3, 0.4) is 0 Å². The lowest BCUT2D eigenvalue weighted by atomic mass is 10.2. The standard InChI is InChI=1S/C15H11F2N3/c1-3-12-9-14(15(16,17)4-2)19-20(12)13-7-5-11(10-18)6-8-13/h1,5-9H,4H2,2H3. The average molecular weight is 271 g/mol. The van der Waals surface area contributed by atoms with Gasteiger partial charge in [-0.25, -0.2) is 4.68 Å². The summed E-state index contributed by atoms with van der Waals surface area (Å²) in [4.78, 5) is 0. The molecule has 0 aliphatic heterocycles. The Kier molecular flexibility index (Phi) is 3.54. The van der Waals surface area contributed by atoms with Gasteiger partial charge < -0.3 is 0 Å². The highest BCUT2D eigenvalue weighted by atomic mass is 19.3. The van der Waals surface area contributed by atoms with Crippen molar-refractivity contribution >= 4 is 0 Å². The number of nitrogens with zero attached hydrogens (tertiary/aromatic N) is 3. The number of benzene rings is 1. The van der Waals surface area contributed by atoms with Crippen LogP contribution in [0.25, 0.3) is 5.69 Å². The molecule has 0 unspecified atom stereocenters. The second-order valence-corrected chi connectivity index (χ2v) is 4.19. The maximum Gasteiger partial charge on any atom is 0.291 e. The third kappa shape index (κ3) is 2.39. The zero-order valence-electron chi connectivity index (χ0n) is 10.8. The first-order valence-corrected chi connectivity index (χ1v) is 5.97. The highest BCUT2D eigenvalue weighted by molar-refractivity contribution is 5.43. The fraction of sp³-hybridized carbons (Fsp3) is 0.200. The number of aromatic nitrogens is 2.